The molecule has 0 saturated carbocycles. The molecule has 5 heteroatoms. The second kappa shape index (κ2) is 5.78. The molecule has 0 spiro atoms. The Labute approximate surface area is 113 Å². The summed E-state index contributed by atoms with van der Waals surface area (Å²) in [5.41, 5.74) is 1.64. The van der Waals surface area contributed by atoms with E-state index in [1.54, 1.807) is 12.1 Å². The Morgan fingerprint density at radius 2 is 2.26 bits per heavy atom. The SMILES string of the molecule is C=C(C1=CC[C@H](c2ccc(CO)o2)OB1O)C(C)C. The summed E-state index contributed by atoms with van der Waals surface area (Å²) in [5, 5.41) is 19.0. The maximum atomic E-state index is 10.0. The molecule has 4 nitrogen and oxygen atoms in total. The minimum absolute atomic E-state index is 0.138. The van der Waals surface area contributed by atoms with Crippen LogP contribution in [0.15, 0.2) is 40.3 Å². The van der Waals surface area contributed by atoms with Gasteiger partial charge < -0.3 is 19.2 Å². The minimum Gasteiger partial charge on any atom is -0.461 e. The number of aliphatic hydroxyl groups excluding tert-OH is 1. The van der Waals surface area contributed by atoms with Crippen LogP contribution in [0.2, 0.25) is 0 Å². The van der Waals surface area contributed by atoms with Crippen LogP contribution in [-0.4, -0.2) is 17.2 Å². The number of aliphatic hydroxyl groups is 1. The van der Waals surface area contributed by atoms with E-state index in [1.165, 1.54) is 0 Å². The number of rotatable bonds is 4. The Bertz CT molecular complexity index is 489. The van der Waals surface area contributed by atoms with Gasteiger partial charge in [-0.3, -0.25) is 0 Å². The first-order chi connectivity index (χ1) is 9.02. The fourth-order valence-electron chi connectivity index (χ4n) is 2.08. The van der Waals surface area contributed by atoms with E-state index in [1.807, 2.05) is 19.9 Å². The largest absolute Gasteiger partial charge is 0.491 e. The van der Waals surface area contributed by atoms with Gasteiger partial charge in [-0.05, 0) is 29.9 Å². The molecule has 0 bridgehead atoms. The predicted octanol–water partition coefficient (Wildman–Crippen LogP) is 2.39. The van der Waals surface area contributed by atoms with Gasteiger partial charge >= 0.3 is 7.12 Å². The van der Waals surface area contributed by atoms with Crippen molar-refractivity contribution in [3.8, 4) is 0 Å². The van der Waals surface area contributed by atoms with E-state index >= 15 is 0 Å². The summed E-state index contributed by atoms with van der Waals surface area (Å²) in [7, 11) is -0.976. The van der Waals surface area contributed by atoms with Gasteiger partial charge in [0.15, 0.2) is 0 Å². The van der Waals surface area contributed by atoms with E-state index in [0.29, 0.717) is 17.9 Å². The van der Waals surface area contributed by atoms with Crippen LogP contribution in [0.25, 0.3) is 0 Å². The predicted molar refractivity (Wildman–Crippen MR) is 73.1 cm³/mol. The van der Waals surface area contributed by atoms with Gasteiger partial charge in [-0.2, -0.15) is 0 Å². The van der Waals surface area contributed by atoms with Gasteiger partial charge in [0, 0.05) is 0 Å². The topological polar surface area (TPSA) is 62.8 Å². The molecule has 1 aliphatic rings. The lowest BCUT2D eigenvalue weighted by Crippen LogP contribution is -2.29. The van der Waals surface area contributed by atoms with Crippen LogP contribution in [0.1, 0.15) is 37.9 Å². The molecule has 0 aliphatic carbocycles. The van der Waals surface area contributed by atoms with Gasteiger partial charge in [0.05, 0.1) is 0 Å². The Hall–Kier alpha value is -1.30. The van der Waals surface area contributed by atoms with Crippen molar-refractivity contribution in [1.29, 1.82) is 0 Å². The van der Waals surface area contributed by atoms with Crippen molar-refractivity contribution in [1.82, 2.24) is 0 Å². The van der Waals surface area contributed by atoms with Crippen LogP contribution >= 0.6 is 0 Å². The molecule has 0 unspecified atom stereocenters. The normalized spacial score (nSPS) is 19.7. The molecule has 1 aromatic rings. The van der Waals surface area contributed by atoms with Crippen molar-refractivity contribution in [2.24, 2.45) is 5.92 Å². The van der Waals surface area contributed by atoms with Crippen molar-refractivity contribution in [2.45, 2.75) is 33.0 Å². The average Bonchev–Trinajstić information content (AvgIpc) is 2.86. The Balaban J connectivity index is 2.12. The highest BCUT2D eigenvalue weighted by Gasteiger charge is 2.32. The van der Waals surface area contributed by atoms with Crippen molar-refractivity contribution < 1.29 is 19.2 Å². The summed E-state index contributed by atoms with van der Waals surface area (Å²) in [6, 6.07) is 3.47. The van der Waals surface area contributed by atoms with Gasteiger partial charge in [0.25, 0.3) is 0 Å². The third-order valence-corrected chi connectivity index (χ3v) is 3.33. The third-order valence-electron chi connectivity index (χ3n) is 3.33. The highest BCUT2D eigenvalue weighted by molar-refractivity contribution is 6.54. The first-order valence-corrected chi connectivity index (χ1v) is 6.45. The fraction of sp³-hybridized carbons (Fsp3) is 0.429. The summed E-state index contributed by atoms with van der Waals surface area (Å²) < 4.78 is 11.0. The zero-order valence-electron chi connectivity index (χ0n) is 11.3. The smallest absolute Gasteiger partial charge is 0.461 e. The fourth-order valence-corrected chi connectivity index (χ4v) is 2.08. The molecule has 0 radical (unpaired) electrons. The van der Waals surface area contributed by atoms with Gasteiger partial charge in [-0.15, -0.1) is 0 Å². The number of hydrogen-bond acceptors (Lipinski definition) is 4. The summed E-state index contributed by atoms with van der Waals surface area (Å²) in [6.07, 6.45) is 2.25. The second-order valence-corrected chi connectivity index (χ2v) is 5.01. The maximum absolute atomic E-state index is 10.0. The number of allylic oxidation sites excluding steroid dienone is 2. The molecule has 2 rings (SSSR count). The van der Waals surface area contributed by atoms with Crippen LogP contribution < -0.4 is 0 Å². The summed E-state index contributed by atoms with van der Waals surface area (Å²) in [4.78, 5) is 0. The Morgan fingerprint density at radius 1 is 1.53 bits per heavy atom. The van der Waals surface area contributed by atoms with Crippen molar-refractivity contribution >= 4 is 7.12 Å². The number of hydrogen-bond donors (Lipinski definition) is 2. The van der Waals surface area contributed by atoms with Crippen molar-refractivity contribution in [2.75, 3.05) is 0 Å². The molecule has 0 fully saturated rings. The summed E-state index contributed by atoms with van der Waals surface area (Å²) in [5.74, 6) is 1.38. The van der Waals surface area contributed by atoms with Gasteiger partial charge in [0.2, 0.25) is 0 Å². The highest BCUT2D eigenvalue weighted by atomic mass is 16.5. The summed E-state index contributed by atoms with van der Waals surface area (Å²) in [6.45, 7) is 7.90. The van der Waals surface area contributed by atoms with Crippen LogP contribution in [-0.2, 0) is 11.3 Å². The van der Waals surface area contributed by atoms with Crippen LogP contribution in [0.3, 0.4) is 0 Å². The molecule has 19 heavy (non-hydrogen) atoms. The molecule has 2 heterocycles. The molecule has 0 amide bonds. The molecule has 0 aromatic carbocycles. The molecule has 1 aliphatic heterocycles. The highest BCUT2D eigenvalue weighted by Crippen LogP contribution is 2.33. The van der Waals surface area contributed by atoms with Crippen LogP contribution in [0, 0.1) is 5.92 Å². The van der Waals surface area contributed by atoms with Crippen molar-refractivity contribution in [3.63, 3.8) is 0 Å². The quantitative estimate of drug-likeness (QED) is 0.818. The standard InChI is InChI=1S/C14H19BO4/c1-9(2)10(3)12-5-7-14(19-15(12)17)13-6-4-11(8-16)18-13/h4-6,9,14,16-17H,3,7-8H2,1-2H3/t14-/m1/s1. The van der Waals surface area contributed by atoms with E-state index in [2.05, 4.69) is 6.58 Å². The molecular formula is C14H19BO4. The first-order valence-electron chi connectivity index (χ1n) is 6.45. The number of furan rings is 1. The Kier molecular flexibility index (Phi) is 4.29. The first kappa shape index (κ1) is 14.1. The van der Waals surface area contributed by atoms with Gasteiger partial charge in [0.1, 0.15) is 24.2 Å². The lowest BCUT2D eigenvalue weighted by molar-refractivity contribution is 0.138. The molecule has 0 saturated heterocycles. The molecule has 2 N–H and O–H groups in total. The lowest BCUT2D eigenvalue weighted by Gasteiger charge is -2.26. The van der Waals surface area contributed by atoms with E-state index in [4.69, 9.17) is 14.2 Å². The van der Waals surface area contributed by atoms with E-state index in [-0.39, 0.29) is 18.6 Å². The van der Waals surface area contributed by atoms with E-state index in [9.17, 15) is 5.02 Å². The molecule has 1 atom stereocenters. The molecule has 1 aromatic heterocycles. The zero-order valence-corrected chi connectivity index (χ0v) is 11.3. The minimum atomic E-state index is -0.976. The van der Waals surface area contributed by atoms with Crippen molar-refractivity contribution in [3.05, 3.63) is 47.4 Å². The van der Waals surface area contributed by atoms with E-state index in [0.717, 1.165) is 11.0 Å². The monoisotopic (exact) mass is 262 g/mol. The third kappa shape index (κ3) is 3.00. The Morgan fingerprint density at radius 3 is 2.79 bits per heavy atom. The van der Waals surface area contributed by atoms with Crippen LogP contribution in [0.5, 0.6) is 0 Å². The van der Waals surface area contributed by atoms with Gasteiger partial charge in [-0.1, -0.05) is 32.1 Å². The second-order valence-electron chi connectivity index (χ2n) is 5.01. The van der Waals surface area contributed by atoms with Crippen LogP contribution in [0.4, 0.5) is 0 Å². The lowest BCUT2D eigenvalue weighted by atomic mass is 9.69. The molecule has 102 valence electrons. The van der Waals surface area contributed by atoms with Gasteiger partial charge in [-0.25, -0.2) is 0 Å². The maximum Gasteiger partial charge on any atom is 0.491 e. The summed E-state index contributed by atoms with van der Waals surface area (Å²) >= 11 is 0. The van der Waals surface area contributed by atoms with E-state index < -0.39 is 7.12 Å². The average molecular weight is 262 g/mol. The molecular weight excluding hydrogens is 243 g/mol. The zero-order chi connectivity index (χ0) is 14.0.